The predicted octanol–water partition coefficient (Wildman–Crippen LogP) is 7.90. The molecule has 4 nitrogen and oxygen atoms in total. The first-order valence-electron chi connectivity index (χ1n) is 12.8. The molecule has 1 aliphatic rings. The number of methoxy groups -OCH3 is 1. The molecule has 0 bridgehead atoms. The Bertz CT molecular complexity index is 922. The van der Waals surface area contributed by atoms with Gasteiger partial charge in [0.25, 0.3) is 0 Å². The topological polar surface area (TPSA) is 55.4 Å². The number of carbonyl (C=O) groups excluding carboxylic acids is 2. The lowest BCUT2D eigenvalue weighted by Gasteiger charge is -2.27. The van der Waals surface area contributed by atoms with Gasteiger partial charge in [-0.05, 0) is 75.0 Å². The number of hydrogen-bond acceptors (Lipinski definition) is 3. The minimum Gasteiger partial charge on any atom is -0.496 e. The van der Waals surface area contributed by atoms with Crippen LogP contribution in [0, 0.1) is 24.7 Å². The molecular formula is C30H44ClNO3. The third-order valence-corrected chi connectivity index (χ3v) is 6.83. The van der Waals surface area contributed by atoms with Crippen LogP contribution < -0.4 is 5.32 Å². The van der Waals surface area contributed by atoms with E-state index in [1.165, 1.54) is 24.7 Å². The van der Waals surface area contributed by atoms with Gasteiger partial charge >= 0.3 is 0 Å². The molecule has 0 unspecified atom stereocenters. The Morgan fingerprint density at radius 3 is 2.29 bits per heavy atom. The molecule has 2 rings (SSSR count). The average molecular weight is 502 g/mol. The highest BCUT2D eigenvalue weighted by Crippen LogP contribution is 2.31. The summed E-state index contributed by atoms with van der Waals surface area (Å²) in [5.41, 5.74) is 3.98. The third kappa shape index (κ3) is 10.4. The number of hydrogen-bond donors (Lipinski definition) is 1. The molecule has 1 amide bonds. The summed E-state index contributed by atoms with van der Waals surface area (Å²) in [6.07, 6.45) is 10.1. The molecule has 1 aromatic rings. The van der Waals surface area contributed by atoms with E-state index >= 15 is 0 Å². The quantitative estimate of drug-likeness (QED) is 0.212. The van der Waals surface area contributed by atoms with Gasteiger partial charge in [0.1, 0.15) is 5.76 Å². The van der Waals surface area contributed by atoms with Crippen LogP contribution in [0.4, 0.5) is 0 Å². The molecule has 1 saturated carbocycles. The van der Waals surface area contributed by atoms with Crippen molar-refractivity contribution in [3.05, 3.63) is 70.1 Å². The van der Waals surface area contributed by atoms with Gasteiger partial charge in [0.05, 0.1) is 12.1 Å². The molecule has 1 N–H and O–H groups in total. The van der Waals surface area contributed by atoms with E-state index < -0.39 is 0 Å². The van der Waals surface area contributed by atoms with Crippen molar-refractivity contribution < 1.29 is 14.3 Å². The van der Waals surface area contributed by atoms with Crippen LogP contribution in [-0.4, -0.2) is 18.8 Å². The Morgan fingerprint density at radius 2 is 1.83 bits per heavy atom. The van der Waals surface area contributed by atoms with Gasteiger partial charge in [-0.15, -0.1) is 0 Å². The first-order chi connectivity index (χ1) is 16.5. The van der Waals surface area contributed by atoms with E-state index in [-0.39, 0.29) is 17.6 Å². The maximum atomic E-state index is 12.5. The maximum Gasteiger partial charge on any atom is 0.227 e. The first-order valence-corrected chi connectivity index (χ1v) is 13.1. The fraction of sp³-hybridized carbons (Fsp3) is 0.533. The molecule has 0 saturated heterocycles. The lowest BCUT2D eigenvalue weighted by atomic mass is 9.80. The summed E-state index contributed by atoms with van der Waals surface area (Å²) in [7, 11) is 1.52. The number of ether oxygens (including phenoxy) is 1. The Balaban J connectivity index is 0.000000427. The zero-order chi connectivity index (χ0) is 26.5. The van der Waals surface area contributed by atoms with Gasteiger partial charge in [-0.2, -0.15) is 0 Å². The van der Waals surface area contributed by atoms with Crippen LogP contribution in [0.5, 0.6) is 0 Å². The van der Waals surface area contributed by atoms with Crippen LogP contribution in [0.2, 0.25) is 0 Å². The second-order valence-corrected chi connectivity index (χ2v) is 10.0. The van der Waals surface area contributed by atoms with Crippen LogP contribution >= 0.6 is 11.6 Å². The summed E-state index contributed by atoms with van der Waals surface area (Å²) in [6, 6.07) is 5.88. The van der Waals surface area contributed by atoms with Gasteiger partial charge in [0.15, 0.2) is 5.78 Å². The number of benzene rings is 1. The summed E-state index contributed by atoms with van der Waals surface area (Å²) < 4.78 is 5.03. The Kier molecular flexibility index (Phi) is 13.7. The normalized spacial score (nSPS) is 18.4. The van der Waals surface area contributed by atoms with Crippen molar-refractivity contribution in [2.45, 2.75) is 80.1 Å². The lowest BCUT2D eigenvalue weighted by molar-refractivity contribution is -0.125. The van der Waals surface area contributed by atoms with E-state index in [1.807, 2.05) is 31.2 Å². The number of rotatable bonds is 9. The van der Waals surface area contributed by atoms with E-state index in [2.05, 4.69) is 39.6 Å². The van der Waals surface area contributed by atoms with Crippen LogP contribution in [0.15, 0.2) is 53.4 Å². The number of halogens is 1. The van der Waals surface area contributed by atoms with Crippen molar-refractivity contribution >= 4 is 23.3 Å². The zero-order valence-corrected chi connectivity index (χ0v) is 23.4. The van der Waals surface area contributed by atoms with Crippen molar-refractivity contribution in [3.8, 4) is 0 Å². The number of carbonyl (C=O) groups is 2. The van der Waals surface area contributed by atoms with Crippen molar-refractivity contribution in [2.75, 3.05) is 7.11 Å². The minimum atomic E-state index is 0.0928. The zero-order valence-electron chi connectivity index (χ0n) is 22.7. The van der Waals surface area contributed by atoms with Gasteiger partial charge in [-0.25, -0.2) is 0 Å². The van der Waals surface area contributed by atoms with Gasteiger partial charge in [0.2, 0.25) is 5.91 Å². The molecule has 1 aliphatic carbocycles. The Labute approximate surface area is 217 Å². The van der Waals surface area contributed by atoms with E-state index in [4.69, 9.17) is 16.3 Å². The smallest absolute Gasteiger partial charge is 0.227 e. The molecule has 0 heterocycles. The van der Waals surface area contributed by atoms with Crippen LogP contribution in [0.25, 0.3) is 0 Å². The van der Waals surface area contributed by atoms with E-state index in [0.717, 1.165) is 43.6 Å². The van der Waals surface area contributed by atoms with Gasteiger partial charge in [-0.1, -0.05) is 76.6 Å². The standard InChI is InChI=1S/C19H30ClNO2.C11H14O/c1-6-15-7-9-16(10-8-15)19(22)21-17(11-13(2)3)12-18(20)14(4)23-5;1-4-10-8(2)6-5-7-11(10)9(3)12/h11-13,15-16H,4,6-10H2,1-3,5H3,(H,21,22);5-7H,4H2,1-3H3/b17-11+,18-12+;. The van der Waals surface area contributed by atoms with Crippen LogP contribution in [0.3, 0.4) is 0 Å². The first kappa shape index (κ1) is 30.7. The van der Waals surface area contributed by atoms with E-state index in [0.29, 0.717) is 22.4 Å². The highest BCUT2D eigenvalue weighted by Gasteiger charge is 2.25. The lowest BCUT2D eigenvalue weighted by Crippen LogP contribution is -2.32. The molecule has 0 aliphatic heterocycles. The highest BCUT2D eigenvalue weighted by atomic mass is 35.5. The molecule has 194 valence electrons. The summed E-state index contributed by atoms with van der Waals surface area (Å²) in [5.74, 6) is 1.83. The Hall–Kier alpha value is -2.33. The summed E-state index contributed by atoms with van der Waals surface area (Å²) >= 11 is 6.16. The number of allylic oxidation sites excluding steroid dienone is 3. The molecule has 1 aromatic carbocycles. The summed E-state index contributed by atoms with van der Waals surface area (Å²) in [6.45, 7) is 15.8. The van der Waals surface area contributed by atoms with Gasteiger partial charge < -0.3 is 10.1 Å². The second kappa shape index (κ2) is 15.6. The van der Waals surface area contributed by atoms with Gasteiger partial charge in [0, 0.05) is 17.2 Å². The molecule has 0 atom stereocenters. The largest absolute Gasteiger partial charge is 0.496 e. The monoisotopic (exact) mass is 501 g/mol. The highest BCUT2D eigenvalue weighted by molar-refractivity contribution is 6.31. The van der Waals surface area contributed by atoms with Crippen molar-refractivity contribution in [1.29, 1.82) is 0 Å². The fourth-order valence-corrected chi connectivity index (χ4v) is 4.57. The SMILES string of the molecule is C=C(OC)/C(Cl)=C\C(=C/C(C)C)NC(=O)C1CCC(CC)CC1.CCc1c(C)cccc1C(C)=O. The van der Waals surface area contributed by atoms with Gasteiger partial charge in [-0.3, -0.25) is 9.59 Å². The number of ketones is 1. The number of amides is 1. The van der Waals surface area contributed by atoms with Crippen molar-refractivity contribution in [3.63, 3.8) is 0 Å². The number of nitrogens with one attached hydrogen (secondary N) is 1. The number of Topliss-reactive ketones (excluding diaryl/α,β-unsaturated/α-hetero) is 1. The minimum absolute atomic E-state index is 0.0928. The molecule has 35 heavy (non-hydrogen) atoms. The molecule has 0 spiro atoms. The Morgan fingerprint density at radius 1 is 1.20 bits per heavy atom. The summed E-state index contributed by atoms with van der Waals surface area (Å²) in [5, 5.41) is 3.42. The molecular weight excluding hydrogens is 458 g/mol. The molecule has 0 radical (unpaired) electrons. The molecule has 0 aromatic heterocycles. The van der Waals surface area contributed by atoms with E-state index in [1.54, 1.807) is 13.0 Å². The van der Waals surface area contributed by atoms with Crippen LogP contribution in [-0.2, 0) is 16.0 Å². The van der Waals surface area contributed by atoms with Crippen molar-refractivity contribution in [1.82, 2.24) is 5.32 Å². The maximum absolute atomic E-state index is 12.5. The van der Waals surface area contributed by atoms with Crippen LogP contribution in [0.1, 0.15) is 88.2 Å². The fourth-order valence-electron chi connectivity index (χ4n) is 4.38. The second-order valence-electron chi connectivity index (χ2n) is 9.61. The average Bonchev–Trinajstić information content (AvgIpc) is 2.83. The van der Waals surface area contributed by atoms with Crippen molar-refractivity contribution in [2.24, 2.45) is 17.8 Å². The van der Waals surface area contributed by atoms with E-state index in [9.17, 15) is 9.59 Å². The molecule has 1 fully saturated rings. The predicted molar refractivity (Wildman–Crippen MR) is 147 cm³/mol. The third-order valence-electron chi connectivity index (χ3n) is 6.51. The molecule has 5 heteroatoms. The summed E-state index contributed by atoms with van der Waals surface area (Å²) in [4.78, 5) is 23.7. The number of aryl methyl sites for hydroxylation is 1.